The van der Waals surface area contributed by atoms with Crippen molar-refractivity contribution in [1.29, 1.82) is 0 Å². The largest absolute Gasteiger partial charge is 0.0840 e. The average Bonchev–Trinajstić information content (AvgIpc) is 1.88. The van der Waals surface area contributed by atoms with E-state index < -0.39 is 0 Å². The second kappa shape index (κ2) is 3.27. The maximum Gasteiger partial charge on any atom is 0.0458 e. The van der Waals surface area contributed by atoms with Gasteiger partial charge in [-0.25, -0.2) is 0 Å². The molecule has 0 nitrogen and oxygen atoms in total. The average molecular weight is 174 g/mol. The van der Waals surface area contributed by atoms with E-state index in [0.29, 0.717) is 10.0 Å². The summed E-state index contributed by atoms with van der Waals surface area (Å²) in [6.45, 7) is 2.02. The van der Waals surface area contributed by atoms with E-state index in [2.05, 4.69) is 6.07 Å². The van der Waals surface area contributed by atoms with Crippen LogP contribution in [0.25, 0.3) is 0 Å². The molecule has 0 bridgehead atoms. The highest BCUT2D eigenvalue weighted by Gasteiger charge is 2.00. The highest BCUT2D eigenvalue weighted by molar-refractivity contribution is 6.35. The topological polar surface area (TPSA) is 0 Å². The first-order valence-electron chi connectivity index (χ1n) is 3.09. The van der Waals surface area contributed by atoms with Crippen molar-refractivity contribution in [2.45, 2.75) is 13.3 Å². The molecule has 0 unspecified atom stereocenters. The van der Waals surface area contributed by atoms with Gasteiger partial charge in [0.1, 0.15) is 0 Å². The molecule has 0 heterocycles. The zero-order valence-electron chi connectivity index (χ0n) is 5.62. The Balaban J connectivity index is 3.17. The van der Waals surface area contributed by atoms with Crippen molar-refractivity contribution in [2.24, 2.45) is 0 Å². The molecule has 0 saturated heterocycles. The SMILES string of the molecule is CCc1c(Cl)c[c]cc1Cl. The Labute approximate surface area is 70.8 Å². The fourth-order valence-electron chi connectivity index (χ4n) is 0.814. The van der Waals surface area contributed by atoms with E-state index in [4.69, 9.17) is 23.2 Å². The standard InChI is InChI=1S/C8H7Cl2/c1-2-6-7(9)4-3-5-8(6)10/h4-5H,2H2,1H3. The fraction of sp³-hybridized carbons (Fsp3) is 0.250. The van der Waals surface area contributed by atoms with Crippen LogP contribution < -0.4 is 0 Å². The monoisotopic (exact) mass is 173 g/mol. The van der Waals surface area contributed by atoms with Gasteiger partial charge in [-0.3, -0.25) is 0 Å². The van der Waals surface area contributed by atoms with Crippen molar-refractivity contribution in [3.8, 4) is 0 Å². The van der Waals surface area contributed by atoms with Crippen molar-refractivity contribution in [3.05, 3.63) is 33.8 Å². The summed E-state index contributed by atoms with van der Waals surface area (Å²) < 4.78 is 0. The van der Waals surface area contributed by atoms with Crippen LogP contribution in [0, 0.1) is 6.07 Å². The first-order chi connectivity index (χ1) is 4.75. The van der Waals surface area contributed by atoms with Gasteiger partial charge in [0.2, 0.25) is 0 Å². The van der Waals surface area contributed by atoms with Crippen molar-refractivity contribution in [1.82, 2.24) is 0 Å². The molecule has 10 heavy (non-hydrogen) atoms. The Hall–Kier alpha value is -0.200. The van der Waals surface area contributed by atoms with Crippen LogP contribution in [0.1, 0.15) is 12.5 Å². The van der Waals surface area contributed by atoms with Gasteiger partial charge in [0.05, 0.1) is 0 Å². The van der Waals surface area contributed by atoms with Crippen LogP contribution in [0.4, 0.5) is 0 Å². The minimum absolute atomic E-state index is 0.704. The van der Waals surface area contributed by atoms with Gasteiger partial charge >= 0.3 is 0 Å². The number of rotatable bonds is 1. The van der Waals surface area contributed by atoms with Crippen molar-refractivity contribution < 1.29 is 0 Å². The minimum atomic E-state index is 0.704. The Kier molecular flexibility index (Phi) is 2.58. The molecule has 1 aromatic carbocycles. The van der Waals surface area contributed by atoms with E-state index in [9.17, 15) is 0 Å². The van der Waals surface area contributed by atoms with Crippen LogP contribution in [0.2, 0.25) is 10.0 Å². The van der Waals surface area contributed by atoms with E-state index in [1.807, 2.05) is 6.92 Å². The second-order valence-corrected chi connectivity index (χ2v) is 2.80. The third-order valence-corrected chi connectivity index (χ3v) is 2.02. The molecule has 0 aromatic heterocycles. The van der Waals surface area contributed by atoms with Crippen LogP contribution in [0.3, 0.4) is 0 Å². The maximum atomic E-state index is 5.81. The number of hydrogen-bond donors (Lipinski definition) is 0. The molecular weight excluding hydrogens is 167 g/mol. The zero-order valence-corrected chi connectivity index (χ0v) is 7.13. The summed E-state index contributed by atoms with van der Waals surface area (Å²) in [5.41, 5.74) is 1.00. The van der Waals surface area contributed by atoms with Crippen LogP contribution in [0.5, 0.6) is 0 Å². The Morgan fingerprint density at radius 1 is 1.30 bits per heavy atom. The lowest BCUT2D eigenvalue weighted by Gasteiger charge is -2.00. The van der Waals surface area contributed by atoms with Gasteiger partial charge in [-0.05, 0) is 30.2 Å². The van der Waals surface area contributed by atoms with Gasteiger partial charge in [-0.15, -0.1) is 0 Å². The second-order valence-electron chi connectivity index (χ2n) is 1.98. The minimum Gasteiger partial charge on any atom is -0.0840 e. The molecule has 2 heteroatoms. The van der Waals surface area contributed by atoms with Crippen LogP contribution in [-0.4, -0.2) is 0 Å². The van der Waals surface area contributed by atoms with E-state index in [1.165, 1.54) is 0 Å². The molecular formula is C8H7Cl2. The molecule has 0 aliphatic heterocycles. The molecule has 1 rings (SSSR count). The summed E-state index contributed by atoms with van der Waals surface area (Å²) in [6, 6.07) is 6.30. The molecule has 53 valence electrons. The van der Waals surface area contributed by atoms with Gasteiger partial charge in [-0.2, -0.15) is 0 Å². The summed E-state index contributed by atoms with van der Waals surface area (Å²) in [4.78, 5) is 0. The molecule has 0 fully saturated rings. The summed E-state index contributed by atoms with van der Waals surface area (Å²) in [5, 5.41) is 1.41. The lowest BCUT2D eigenvalue weighted by atomic mass is 10.2. The van der Waals surface area contributed by atoms with Gasteiger partial charge in [0.15, 0.2) is 0 Å². The normalized spacial score (nSPS) is 9.90. The third-order valence-electron chi connectivity index (χ3n) is 1.35. The Bertz CT molecular complexity index is 210. The lowest BCUT2D eigenvalue weighted by molar-refractivity contribution is 1.14. The Morgan fingerprint density at radius 2 is 1.80 bits per heavy atom. The molecule has 0 saturated carbocycles. The van der Waals surface area contributed by atoms with Gasteiger partial charge in [-0.1, -0.05) is 30.1 Å². The zero-order chi connectivity index (χ0) is 7.56. The molecule has 0 aliphatic rings. The number of hydrogen-bond acceptors (Lipinski definition) is 0. The summed E-state index contributed by atoms with van der Waals surface area (Å²) in [5.74, 6) is 0. The maximum absolute atomic E-state index is 5.81. The number of halogens is 2. The molecule has 1 radical (unpaired) electrons. The molecule has 0 amide bonds. The van der Waals surface area contributed by atoms with Gasteiger partial charge in [0, 0.05) is 10.0 Å². The van der Waals surface area contributed by atoms with Crippen molar-refractivity contribution in [2.75, 3.05) is 0 Å². The lowest BCUT2D eigenvalue weighted by Crippen LogP contribution is -1.82. The van der Waals surface area contributed by atoms with Crippen LogP contribution in [-0.2, 0) is 6.42 Å². The summed E-state index contributed by atoms with van der Waals surface area (Å²) in [6.07, 6.45) is 0.867. The van der Waals surface area contributed by atoms with Crippen LogP contribution in [0.15, 0.2) is 12.1 Å². The molecule has 0 aliphatic carbocycles. The number of benzene rings is 1. The highest BCUT2D eigenvalue weighted by atomic mass is 35.5. The quantitative estimate of drug-likeness (QED) is 0.612. The first-order valence-corrected chi connectivity index (χ1v) is 3.85. The summed E-state index contributed by atoms with van der Waals surface area (Å²) in [7, 11) is 0. The van der Waals surface area contributed by atoms with Gasteiger partial charge in [0.25, 0.3) is 0 Å². The predicted molar refractivity (Wildman–Crippen MR) is 44.7 cm³/mol. The molecule has 1 aromatic rings. The van der Waals surface area contributed by atoms with E-state index in [0.717, 1.165) is 12.0 Å². The third kappa shape index (κ3) is 1.44. The smallest absolute Gasteiger partial charge is 0.0458 e. The first kappa shape index (κ1) is 7.90. The van der Waals surface area contributed by atoms with E-state index in [-0.39, 0.29) is 0 Å². The molecule has 0 N–H and O–H groups in total. The van der Waals surface area contributed by atoms with E-state index in [1.54, 1.807) is 12.1 Å². The predicted octanol–water partition coefficient (Wildman–Crippen LogP) is 3.36. The van der Waals surface area contributed by atoms with Crippen molar-refractivity contribution in [3.63, 3.8) is 0 Å². The summed E-state index contributed by atoms with van der Waals surface area (Å²) >= 11 is 11.6. The Morgan fingerprint density at radius 3 is 2.10 bits per heavy atom. The van der Waals surface area contributed by atoms with Gasteiger partial charge < -0.3 is 0 Å². The van der Waals surface area contributed by atoms with Crippen molar-refractivity contribution >= 4 is 23.2 Å². The fourth-order valence-corrected chi connectivity index (χ4v) is 1.46. The van der Waals surface area contributed by atoms with E-state index >= 15 is 0 Å². The molecule has 0 spiro atoms. The van der Waals surface area contributed by atoms with Crippen LogP contribution >= 0.6 is 23.2 Å². The molecule has 0 atom stereocenters. The highest BCUT2D eigenvalue weighted by Crippen LogP contribution is 2.23.